The molecule has 0 unspecified atom stereocenters. The van der Waals surface area contributed by atoms with Crippen molar-refractivity contribution in [3.8, 4) is 5.69 Å². The van der Waals surface area contributed by atoms with Crippen molar-refractivity contribution in [1.82, 2.24) is 15.2 Å². The summed E-state index contributed by atoms with van der Waals surface area (Å²) in [6, 6.07) is 13.7. The van der Waals surface area contributed by atoms with Gasteiger partial charge in [0.2, 0.25) is 0 Å². The van der Waals surface area contributed by atoms with Gasteiger partial charge in [0, 0.05) is 11.4 Å². The fourth-order valence-corrected chi connectivity index (χ4v) is 2.77. The number of thiocarbonyl (C=S) groups is 1. The van der Waals surface area contributed by atoms with Gasteiger partial charge in [-0.3, -0.25) is 15.3 Å². The van der Waals surface area contributed by atoms with Crippen LogP contribution in [-0.2, 0) is 0 Å². The van der Waals surface area contributed by atoms with E-state index in [1.54, 1.807) is 19.1 Å². The van der Waals surface area contributed by atoms with Crippen molar-refractivity contribution < 1.29 is 9.90 Å². The van der Waals surface area contributed by atoms with Crippen LogP contribution in [0.4, 0.5) is 5.69 Å². The average molecular weight is 409 g/mol. The minimum atomic E-state index is -1.000. The zero-order valence-electron chi connectivity index (χ0n) is 15.8. The van der Waals surface area contributed by atoms with Crippen molar-refractivity contribution in [3.05, 3.63) is 81.3 Å². The molecular formula is C20H19N5O3S. The molecule has 148 valence electrons. The minimum absolute atomic E-state index is 0.181. The van der Waals surface area contributed by atoms with Gasteiger partial charge in [0.15, 0.2) is 5.11 Å². The van der Waals surface area contributed by atoms with E-state index >= 15 is 0 Å². The first-order chi connectivity index (χ1) is 13.8. The van der Waals surface area contributed by atoms with E-state index in [1.807, 2.05) is 31.2 Å². The Hall–Kier alpha value is -3.72. The third-order valence-electron chi connectivity index (χ3n) is 4.16. The van der Waals surface area contributed by atoms with Crippen molar-refractivity contribution in [2.24, 2.45) is 5.10 Å². The SMILES string of the molecule is Cc1ccc(-n2[nH]c(C)c(/C=N/NC(=S)Nc3ccc(C(=O)O)cc3)c2=O)cc1. The molecule has 0 bridgehead atoms. The van der Waals surface area contributed by atoms with E-state index in [9.17, 15) is 9.59 Å². The Kier molecular flexibility index (Phi) is 5.89. The molecule has 1 aromatic heterocycles. The lowest BCUT2D eigenvalue weighted by molar-refractivity contribution is 0.0697. The standard InChI is InChI=1S/C20H19N5O3S/c1-12-3-9-16(10-4-12)25-18(26)17(13(2)24-25)11-21-23-20(29)22-15-7-5-14(6-8-15)19(27)28/h3-11,24H,1-2H3,(H,27,28)(H2,22,23,29)/b21-11+. The fourth-order valence-electron chi connectivity index (χ4n) is 2.60. The highest BCUT2D eigenvalue weighted by Crippen LogP contribution is 2.10. The highest BCUT2D eigenvalue weighted by Gasteiger charge is 2.10. The molecule has 0 amide bonds. The van der Waals surface area contributed by atoms with Crippen molar-refractivity contribution >= 4 is 35.2 Å². The summed E-state index contributed by atoms with van der Waals surface area (Å²) in [5.41, 5.74) is 6.13. The first kappa shape index (κ1) is 20.0. The molecule has 8 nitrogen and oxygen atoms in total. The second kappa shape index (κ2) is 8.53. The smallest absolute Gasteiger partial charge is 0.335 e. The summed E-state index contributed by atoms with van der Waals surface area (Å²) in [6.45, 7) is 3.77. The van der Waals surface area contributed by atoms with Crippen LogP contribution in [0.15, 0.2) is 58.4 Å². The number of hydrogen-bond donors (Lipinski definition) is 4. The maximum Gasteiger partial charge on any atom is 0.335 e. The first-order valence-electron chi connectivity index (χ1n) is 8.67. The second-order valence-corrected chi connectivity index (χ2v) is 6.74. The largest absolute Gasteiger partial charge is 0.478 e. The Bertz CT molecular complexity index is 1130. The number of benzene rings is 2. The van der Waals surface area contributed by atoms with E-state index in [0.29, 0.717) is 16.9 Å². The number of carboxylic acids is 1. The molecule has 0 aliphatic rings. The number of aromatic carboxylic acids is 1. The summed E-state index contributed by atoms with van der Waals surface area (Å²) >= 11 is 5.15. The number of aromatic amines is 1. The molecule has 4 N–H and O–H groups in total. The van der Waals surface area contributed by atoms with Gasteiger partial charge in [-0.05, 0) is 62.5 Å². The number of carbonyl (C=O) groups is 1. The third-order valence-corrected chi connectivity index (χ3v) is 4.35. The zero-order chi connectivity index (χ0) is 21.0. The Morgan fingerprint density at radius 3 is 2.41 bits per heavy atom. The molecular weight excluding hydrogens is 390 g/mol. The molecule has 0 atom stereocenters. The van der Waals surface area contributed by atoms with Crippen molar-refractivity contribution in [2.45, 2.75) is 13.8 Å². The highest BCUT2D eigenvalue weighted by atomic mass is 32.1. The third kappa shape index (κ3) is 4.77. The molecule has 0 spiro atoms. The van der Waals surface area contributed by atoms with E-state index in [4.69, 9.17) is 17.3 Å². The molecule has 3 aromatic rings. The number of H-pyrrole nitrogens is 1. The molecule has 0 saturated heterocycles. The number of nitrogens with zero attached hydrogens (tertiary/aromatic N) is 2. The summed E-state index contributed by atoms with van der Waals surface area (Å²) in [4.78, 5) is 23.5. The summed E-state index contributed by atoms with van der Waals surface area (Å²) in [5, 5.41) is 19.0. The van der Waals surface area contributed by atoms with E-state index in [-0.39, 0.29) is 16.2 Å². The van der Waals surface area contributed by atoms with Crippen LogP contribution in [0.2, 0.25) is 0 Å². The molecule has 9 heteroatoms. The van der Waals surface area contributed by atoms with Gasteiger partial charge in [0.25, 0.3) is 5.56 Å². The van der Waals surface area contributed by atoms with Gasteiger partial charge >= 0.3 is 5.97 Å². The average Bonchev–Trinajstić information content (AvgIpc) is 2.97. The summed E-state index contributed by atoms with van der Waals surface area (Å²) in [5.74, 6) is -1.000. The van der Waals surface area contributed by atoms with Crippen LogP contribution in [0.3, 0.4) is 0 Å². The Morgan fingerprint density at radius 2 is 1.79 bits per heavy atom. The molecule has 0 radical (unpaired) electrons. The number of hydrogen-bond acceptors (Lipinski definition) is 4. The Balaban J connectivity index is 1.67. The molecule has 0 aliphatic heterocycles. The lowest BCUT2D eigenvalue weighted by Gasteiger charge is -2.06. The van der Waals surface area contributed by atoms with E-state index in [1.165, 1.54) is 23.0 Å². The predicted molar refractivity (Wildman–Crippen MR) is 116 cm³/mol. The van der Waals surface area contributed by atoms with Crippen LogP contribution in [0.25, 0.3) is 5.69 Å². The molecule has 1 heterocycles. The van der Waals surface area contributed by atoms with Gasteiger partial charge in [-0.1, -0.05) is 17.7 Å². The van der Waals surface area contributed by atoms with Gasteiger partial charge in [-0.25, -0.2) is 9.48 Å². The maximum absolute atomic E-state index is 12.6. The number of aryl methyl sites for hydroxylation is 2. The number of aromatic nitrogens is 2. The fraction of sp³-hybridized carbons (Fsp3) is 0.100. The number of nitrogens with one attached hydrogen (secondary N) is 3. The van der Waals surface area contributed by atoms with Crippen LogP contribution < -0.4 is 16.3 Å². The van der Waals surface area contributed by atoms with Crippen molar-refractivity contribution in [3.63, 3.8) is 0 Å². The second-order valence-electron chi connectivity index (χ2n) is 6.33. The van der Waals surface area contributed by atoms with Gasteiger partial charge in [-0.15, -0.1) is 0 Å². The molecule has 0 saturated carbocycles. The minimum Gasteiger partial charge on any atom is -0.478 e. The zero-order valence-corrected chi connectivity index (χ0v) is 16.6. The molecule has 2 aromatic carbocycles. The number of hydrazone groups is 1. The van der Waals surface area contributed by atoms with Crippen LogP contribution in [0.5, 0.6) is 0 Å². The summed E-state index contributed by atoms with van der Waals surface area (Å²) in [6.07, 6.45) is 1.40. The summed E-state index contributed by atoms with van der Waals surface area (Å²) in [7, 11) is 0. The normalized spacial score (nSPS) is 10.8. The molecule has 0 fully saturated rings. The van der Waals surface area contributed by atoms with Gasteiger partial charge in [0.1, 0.15) is 0 Å². The van der Waals surface area contributed by atoms with Crippen LogP contribution >= 0.6 is 12.2 Å². The first-order valence-corrected chi connectivity index (χ1v) is 9.08. The Labute approximate surface area is 171 Å². The molecule has 3 rings (SSSR count). The quantitative estimate of drug-likeness (QED) is 0.293. The monoisotopic (exact) mass is 409 g/mol. The van der Waals surface area contributed by atoms with Crippen molar-refractivity contribution in [2.75, 3.05) is 5.32 Å². The number of anilines is 1. The van der Waals surface area contributed by atoms with Crippen LogP contribution in [-0.4, -0.2) is 32.2 Å². The van der Waals surface area contributed by atoms with Gasteiger partial charge < -0.3 is 10.4 Å². The van der Waals surface area contributed by atoms with Crippen LogP contribution in [0.1, 0.15) is 27.2 Å². The maximum atomic E-state index is 12.6. The topological polar surface area (TPSA) is 112 Å². The predicted octanol–water partition coefficient (Wildman–Crippen LogP) is 2.80. The van der Waals surface area contributed by atoms with Crippen LogP contribution in [0, 0.1) is 13.8 Å². The van der Waals surface area contributed by atoms with E-state index < -0.39 is 5.97 Å². The van der Waals surface area contributed by atoms with E-state index in [0.717, 1.165) is 11.3 Å². The highest BCUT2D eigenvalue weighted by molar-refractivity contribution is 7.80. The summed E-state index contributed by atoms with van der Waals surface area (Å²) < 4.78 is 1.46. The van der Waals surface area contributed by atoms with E-state index in [2.05, 4.69) is 20.9 Å². The van der Waals surface area contributed by atoms with Crippen molar-refractivity contribution in [1.29, 1.82) is 0 Å². The van der Waals surface area contributed by atoms with Gasteiger partial charge in [-0.2, -0.15) is 5.10 Å². The number of rotatable bonds is 5. The Morgan fingerprint density at radius 1 is 1.14 bits per heavy atom. The molecule has 0 aliphatic carbocycles. The lowest BCUT2D eigenvalue weighted by atomic mass is 10.2. The lowest BCUT2D eigenvalue weighted by Crippen LogP contribution is -2.24. The number of carboxylic acid groups (broad SMARTS) is 1. The van der Waals surface area contributed by atoms with Gasteiger partial charge in [0.05, 0.1) is 23.0 Å². The molecule has 29 heavy (non-hydrogen) atoms.